The predicted molar refractivity (Wildman–Crippen MR) is 86.7 cm³/mol. The standard InChI is InChI=1S/C15H17N3S2/c1-11(2)18-10-12(9-16-18)17-15(13-5-3-7-19-13)14-6-4-8-20-14/h3-11,15,17H,1-2H3. The van der Waals surface area contributed by atoms with Gasteiger partial charge in [-0.1, -0.05) is 12.1 Å². The Bertz CT molecular complexity index is 604. The number of nitrogens with one attached hydrogen (secondary N) is 1. The van der Waals surface area contributed by atoms with Gasteiger partial charge >= 0.3 is 0 Å². The van der Waals surface area contributed by atoms with Crippen molar-refractivity contribution in [3.63, 3.8) is 0 Å². The minimum absolute atomic E-state index is 0.208. The first-order valence-electron chi connectivity index (χ1n) is 6.61. The van der Waals surface area contributed by atoms with Crippen molar-refractivity contribution in [3.05, 3.63) is 57.2 Å². The van der Waals surface area contributed by atoms with Gasteiger partial charge in [-0.15, -0.1) is 22.7 Å². The van der Waals surface area contributed by atoms with Crippen molar-refractivity contribution in [2.75, 3.05) is 5.32 Å². The van der Waals surface area contributed by atoms with Crippen LogP contribution in [-0.2, 0) is 0 Å². The first-order chi connectivity index (χ1) is 9.74. The normalized spacial score (nSPS) is 11.4. The fraction of sp³-hybridized carbons (Fsp3) is 0.267. The molecule has 1 N–H and O–H groups in total. The molecule has 3 nitrogen and oxygen atoms in total. The van der Waals surface area contributed by atoms with Crippen molar-refractivity contribution in [2.24, 2.45) is 0 Å². The van der Waals surface area contributed by atoms with Gasteiger partial charge < -0.3 is 5.32 Å². The highest BCUT2D eigenvalue weighted by Crippen LogP contribution is 2.32. The quantitative estimate of drug-likeness (QED) is 0.734. The molecule has 3 aromatic rings. The Morgan fingerprint density at radius 1 is 1.10 bits per heavy atom. The molecule has 20 heavy (non-hydrogen) atoms. The summed E-state index contributed by atoms with van der Waals surface area (Å²) < 4.78 is 1.97. The van der Waals surface area contributed by atoms with Crippen molar-refractivity contribution < 1.29 is 0 Å². The van der Waals surface area contributed by atoms with Crippen LogP contribution in [0, 0.1) is 0 Å². The van der Waals surface area contributed by atoms with E-state index >= 15 is 0 Å². The number of hydrogen-bond acceptors (Lipinski definition) is 4. The Balaban J connectivity index is 1.87. The summed E-state index contributed by atoms with van der Waals surface area (Å²) in [6.07, 6.45) is 3.97. The van der Waals surface area contributed by atoms with Gasteiger partial charge in [0, 0.05) is 22.0 Å². The summed E-state index contributed by atoms with van der Waals surface area (Å²) in [5.74, 6) is 0. The molecule has 0 spiro atoms. The molecule has 3 heterocycles. The Kier molecular flexibility index (Phi) is 3.89. The minimum Gasteiger partial charge on any atom is -0.370 e. The van der Waals surface area contributed by atoms with E-state index in [-0.39, 0.29) is 6.04 Å². The first-order valence-corrected chi connectivity index (χ1v) is 8.37. The number of aromatic nitrogens is 2. The van der Waals surface area contributed by atoms with Crippen LogP contribution < -0.4 is 5.32 Å². The number of thiophene rings is 2. The summed E-state index contributed by atoms with van der Waals surface area (Å²) in [5.41, 5.74) is 1.06. The molecule has 0 fully saturated rings. The van der Waals surface area contributed by atoms with Crippen LogP contribution in [-0.4, -0.2) is 9.78 Å². The molecule has 0 aliphatic rings. The zero-order valence-corrected chi connectivity index (χ0v) is 13.1. The summed E-state index contributed by atoms with van der Waals surface area (Å²) in [5, 5.41) is 12.2. The number of hydrogen-bond donors (Lipinski definition) is 1. The molecule has 0 aliphatic heterocycles. The van der Waals surface area contributed by atoms with Gasteiger partial charge in [0.15, 0.2) is 0 Å². The third-order valence-electron chi connectivity index (χ3n) is 3.10. The van der Waals surface area contributed by atoms with Crippen LogP contribution in [0.5, 0.6) is 0 Å². The monoisotopic (exact) mass is 303 g/mol. The molecule has 5 heteroatoms. The van der Waals surface area contributed by atoms with Crippen LogP contribution in [0.4, 0.5) is 5.69 Å². The van der Waals surface area contributed by atoms with Crippen LogP contribution in [0.25, 0.3) is 0 Å². The zero-order chi connectivity index (χ0) is 13.9. The van der Waals surface area contributed by atoms with Crippen molar-refractivity contribution in [2.45, 2.75) is 25.9 Å². The highest BCUT2D eigenvalue weighted by Gasteiger charge is 2.17. The second-order valence-electron chi connectivity index (χ2n) is 4.91. The second kappa shape index (κ2) is 5.81. The third kappa shape index (κ3) is 2.78. The summed E-state index contributed by atoms with van der Waals surface area (Å²) in [6.45, 7) is 4.26. The smallest absolute Gasteiger partial charge is 0.0954 e. The SMILES string of the molecule is CC(C)n1cc(NC(c2cccs2)c2cccs2)cn1. The Morgan fingerprint density at radius 2 is 1.75 bits per heavy atom. The van der Waals surface area contributed by atoms with E-state index in [9.17, 15) is 0 Å². The fourth-order valence-electron chi connectivity index (χ4n) is 2.06. The van der Waals surface area contributed by atoms with Gasteiger partial charge in [-0.3, -0.25) is 4.68 Å². The molecule has 3 aromatic heterocycles. The van der Waals surface area contributed by atoms with Crippen LogP contribution in [0.2, 0.25) is 0 Å². The van der Waals surface area contributed by atoms with Crippen molar-refractivity contribution in [3.8, 4) is 0 Å². The fourth-order valence-corrected chi connectivity index (χ4v) is 3.72. The number of rotatable bonds is 5. The topological polar surface area (TPSA) is 29.9 Å². The van der Waals surface area contributed by atoms with Crippen LogP contribution in [0.1, 0.15) is 35.7 Å². The maximum Gasteiger partial charge on any atom is 0.0954 e. The van der Waals surface area contributed by atoms with Crippen molar-refractivity contribution in [1.29, 1.82) is 0 Å². The summed E-state index contributed by atoms with van der Waals surface area (Å²) in [4.78, 5) is 2.65. The lowest BCUT2D eigenvalue weighted by Crippen LogP contribution is -2.09. The maximum atomic E-state index is 4.39. The molecule has 0 saturated heterocycles. The van der Waals surface area contributed by atoms with E-state index in [1.54, 1.807) is 22.7 Å². The second-order valence-corrected chi connectivity index (χ2v) is 6.87. The van der Waals surface area contributed by atoms with Gasteiger partial charge in [0.1, 0.15) is 0 Å². The molecular weight excluding hydrogens is 286 g/mol. The van der Waals surface area contributed by atoms with Crippen LogP contribution in [0.3, 0.4) is 0 Å². The molecule has 0 bridgehead atoms. The lowest BCUT2D eigenvalue weighted by molar-refractivity contribution is 0.532. The van der Waals surface area contributed by atoms with E-state index in [1.165, 1.54) is 9.75 Å². The third-order valence-corrected chi connectivity index (χ3v) is 4.97. The van der Waals surface area contributed by atoms with Crippen LogP contribution in [0.15, 0.2) is 47.4 Å². The Morgan fingerprint density at radius 3 is 2.20 bits per heavy atom. The predicted octanol–water partition coefficient (Wildman–Crippen LogP) is 4.79. The zero-order valence-electron chi connectivity index (χ0n) is 11.5. The molecule has 0 radical (unpaired) electrons. The molecule has 0 aromatic carbocycles. The molecule has 3 rings (SSSR count). The highest BCUT2D eigenvalue weighted by molar-refractivity contribution is 7.11. The molecule has 0 unspecified atom stereocenters. The number of nitrogens with zero attached hydrogens (tertiary/aromatic N) is 2. The van der Waals surface area contributed by atoms with E-state index in [1.807, 2.05) is 10.9 Å². The molecule has 0 amide bonds. The lowest BCUT2D eigenvalue weighted by Gasteiger charge is -2.16. The Labute approximate surface area is 126 Å². The van der Waals surface area contributed by atoms with Gasteiger partial charge in [-0.05, 0) is 36.7 Å². The number of anilines is 1. The maximum absolute atomic E-state index is 4.39. The van der Waals surface area contributed by atoms with Crippen LogP contribution >= 0.6 is 22.7 Å². The van der Waals surface area contributed by atoms with E-state index in [0.717, 1.165) is 5.69 Å². The lowest BCUT2D eigenvalue weighted by atomic mass is 10.2. The Hall–Kier alpha value is -1.59. The van der Waals surface area contributed by atoms with Gasteiger partial charge in [0.2, 0.25) is 0 Å². The average molecular weight is 303 g/mol. The van der Waals surface area contributed by atoms with Gasteiger partial charge in [0.25, 0.3) is 0 Å². The molecule has 104 valence electrons. The molecule has 0 saturated carbocycles. The highest BCUT2D eigenvalue weighted by atomic mass is 32.1. The van der Waals surface area contributed by atoms with E-state index < -0.39 is 0 Å². The molecular formula is C15H17N3S2. The average Bonchev–Trinajstić information content (AvgIpc) is 3.17. The largest absolute Gasteiger partial charge is 0.370 e. The molecule has 0 aliphatic carbocycles. The summed E-state index contributed by atoms with van der Waals surface area (Å²) in [6, 6.07) is 9.14. The summed E-state index contributed by atoms with van der Waals surface area (Å²) in [7, 11) is 0. The van der Waals surface area contributed by atoms with E-state index in [0.29, 0.717) is 6.04 Å². The van der Waals surface area contributed by atoms with Gasteiger partial charge in [0.05, 0.1) is 17.9 Å². The first kappa shape index (κ1) is 13.4. The van der Waals surface area contributed by atoms with Crippen molar-refractivity contribution >= 4 is 28.4 Å². The van der Waals surface area contributed by atoms with Gasteiger partial charge in [-0.2, -0.15) is 5.10 Å². The van der Waals surface area contributed by atoms with Gasteiger partial charge in [-0.25, -0.2) is 0 Å². The van der Waals surface area contributed by atoms with E-state index in [4.69, 9.17) is 0 Å². The van der Waals surface area contributed by atoms with E-state index in [2.05, 4.69) is 65.5 Å². The molecule has 0 atom stereocenters. The summed E-state index contributed by atoms with van der Waals surface area (Å²) >= 11 is 3.56. The van der Waals surface area contributed by atoms with Crippen molar-refractivity contribution in [1.82, 2.24) is 9.78 Å². The minimum atomic E-state index is 0.208.